The number of carboxylic acids is 1. The van der Waals surface area contributed by atoms with Crippen LogP contribution in [0, 0.1) is 0 Å². The van der Waals surface area contributed by atoms with Gasteiger partial charge in [-0.25, -0.2) is 0 Å². The fraction of sp³-hybridized carbons (Fsp3) is 0.800. The molecule has 0 N–H and O–H groups in total. The van der Waals surface area contributed by atoms with Crippen LogP contribution in [-0.2, 0) is 9.53 Å². The Morgan fingerprint density at radius 2 is 1.95 bits per heavy atom. The lowest BCUT2D eigenvalue weighted by atomic mass is 10.2. The molecule has 4 heteroatoms. The number of carbonyl (C=O) groups is 1. The topological polar surface area (TPSA) is 49.4 Å². The fourth-order valence-corrected chi connectivity index (χ4v) is 1.86. The SMILES string of the molecule is CCCCCC=CCOC(CC(=O)[O-])C[N+](C)(C)C. The lowest BCUT2D eigenvalue weighted by Gasteiger charge is -2.29. The smallest absolute Gasteiger partial charge is 0.112 e. The van der Waals surface area contributed by atoms with Crippen LogP contribution < -0.4 is 5.11 Å². The highest BCUT2D eigenvalue weighted by Crippen LogP contribution is 2.05. The molecule has 0 aromatic heterocycles. The molecule has 0 amide bonds. The lowest BCUT2D eigenvalue weighted by molar-refractivity contribution is -0.873. The molecule has 4 nitrogen and oxygen atoms in total. The second-order valence-corrected chi connectivity index (χ2v) is 5.97. The Morgan fingerprint density at radius 3 is 2.47 bits per heavy atom. The molecule has 0 saturated heterocycles. The number of allylic oxidation sites excluding steroid dienone is 1. The maximum atomic E-state index is 10.7. The molecule has 0 saturated carbocycles. The molecule has 0 aliphatic heterocycles. The Kier molecular flexibility index (Phi) is 9.53. The van der Waals surface area contributed by atoms with E-state index in [0.29, 0.717) is 17.6 Å². The highest BCUT2D eigenvalue weighted by molar-refractivity contribution is 5.64. The van der Waals surface area contributed by atoms with Crippen LogP contribution in [0.1, 0.15) is 39.0 Å². The first-order valence-corrected chi connectivity index (χ1v) is 7.12. The van der Waals surface area contributed by atoms with Gasteiger partial charge in [-0.3, -0.25) is 0 Å². The van der Waals surface area contributed by atoms with Gasteiger partial charge in [-0.1, -0.05) is 31.9 Å². The molecule has 19 heavy (non-hydrogen) atoms. The van der Waals surface area contributed by atoms with Crippen LogP contribution in [0.15, 0.2) is 12.2 Å². The van der Waals surface area contributed by atoms with Gasteiger partial charge < -0.3 is 19.1 Å². The van der Waals surface area contributed by atoms with E-state index in [1.54, 1.807) is 0 Å². The minimum Gasteiger partial charge on any atom is -0.550 e. The molecule has 0 bridgehead atoms. The number of carboxylic acid groups (broad SMARTS) is 1. The standard InChI is InChI=1S/C15H29NO3/c1-5-6-7-8-9-10-11-19-14(12-15(17)18)13-16(2,3)4/h9-10,14H,5-8,11-13H2,1-4H3. The maximum absolute atomic E-state index is 10.7. The average molecular weight is 271 g/mol. The zero-order valence-corrected chi connectivity index (χ0v) is 12.9. The first kappa shape index (κ1) is 18.1. The summed E-state index contributed by atoms with van der Waals surface area (Å²) in [6.45, 7) is 3.32. The van der Waals surface area contributed by atoms with E-state index in [0.717, 1.165) is 6.42 Å². The van der Waals surface area contributed by atoms with E-state index in [9.17, 15) is 9.90 Å². The second-order valence-electron chi connectivity index (χ2n) is 5.97. The Hall–Kier alpha value is -0.870. The Balaban J connectivity index is 3.95. The quantitative estimate of drug-likeness (QED) is 0.324. The number of unbranched alkanes of at least 4 members (excludes halogenated alkanes) is 3. The minimum absolute atomic E-state index is 0.0425. The number of quaternary nitrogens is 1. The Morgan fingerprint density at radius 1 is 1.26 bits per heavy atom. The monoisotopic (exact) mass is 271 g/mol. The fourth-order valence-electron chi connectivity index (χ4n) is 1.86. The van der Waals surface area contributed by atoms with Gasteiger partial charge in [0.25, 0.3) is 0 Å². The predicted octanol–water partition coefficient (Wildman–Crippen LogP) is 1.35. The van der Waals surface area contributed by atoms with Crippen LogP contribution in [-0.4, -0.2) is 50.9 Å². The van der Waals surface area contributed by atoms with Crippen LogP contribution in [0.5, 0.6) is 0 Å². The van der Waals surface area contributed by atoms with Crippen LogP contribution in [0.4, 0.5) is 0 Å². The second kappa shape index (κ2) is 9.98. The van der Waals surface area contributed by atoms with Gasteiger partial charge in [0.1, 0.15) is 12.6 Å². The van der Waals surface area contributed by atoms with E-state index in [4.69, 9.17) is 4.74 Å². The van der Waals surface area contributed by atoms with Crippen molar-refractivity contribution in [2.75, 3.05) is 34.3 Å². The highest BCUT2D eigenvalue weighted by Gasteiger charge is 2.18. The van der Waals surface area contributed by atoms with E-state index < -0.39 is 5.97 Å². The van der Waals surface area contributed by atoms with Gasteiger partial charge >= 0.3 is 0 Å². The first-order chi connectivity index (χ1) is 8.85. The molecule has 1 atom stereocenters. The van der Waals surface area contributed by atoms with E-state index in [1.807, 2.05) is 27.2 Å². The summed E-state index contributed by atoms with van der Waals surface area (Å²) in [5, 5.41) is 10.7. The molecule has 0 aromatic carbocycles. The van der Waals surface area contributed by atoms with Crippen molar-refractivity contribution in [1.82, 2.24) is 0 Å². The third kappa shape index (κ3) is 13.4. The first-order valence-electron chi connectivity index (χ1n) is 7.12. The van der Waals surface area contributed by atoms with Crippen molar-refractivity contribution < 1.29 is 19.1 Å². The molecule has 0 radical (unpaired) electrons. The molecular weight excluding hydrogens is 242 g/mol. The molecule has 0 aliphatic carbocycles. The number of nitrogens with zero attached hydrogens (tertiary/aromatic N) is 1. The third-order valence-electron chi connectivity index (χ3n) is 2.71. The lowest BCUT2D eigenvalue weighted by Crippen LogP contribution is -2.44. The van der Waals surface area contributed by atoms with Crippen LogP contribution in [0.2, 0.25) is 0 Å². The van der Waals surface area contributed by atoms with Crippen molar-refractivity contribution in [2.24, 2.45) is 0 Å². The summed E-state index contributed by atoms with van der Waals surface area (Å²) in [5.41, 5.74) is 0. The number of rotatable bonds is 11. The zero-order chi connectivity index (χ0) is 14.7. The van der Waals surface area contributed by atoms with Gasteiger partial charge in [0.05, 0.1) is 27.7 Å². The Labute approximate surface area is 117 Å². The summed E-state index contributed by atoms with van der Waals surface area (Å²) in [5.74, 6) is -1.05. The van der Waals surface area contributed by atoms with Crippen LogP contribution >= 0.6 is 0 Å². The average Bonchev–Trinajstić information content (AvgIpc) is 2.24. The van der Waals surface area contributed by atoms with E-state index in [1.165, 1.54) is 19.3 Å². The normalized spacial score (nSPS) is 13.9. The largest absolute Gasteiger partial charge is 0.550 e. The van der Waals surface area contributed by atoms with Gasteiger partial charge in [0, 0.05) is 12.4 Å². The predicted molar refractivity (Wildman–Crippen MR) is 75.5 cm³/mol. The minimum atomic E-state index is -1.05. The van der Waals surface area contributed by atoms with Gasteiger partial charge in [-0.2, -0.15) is 0 Å². The zero-order valence-electron chi connectivity index (χ0n) is 12.9. The van der Waals surface area contributed by atoms with Crippen molar-refractivity contribution in [3.63, 3.8) is 0 Å². The highest BCUT2D eigenvalue weighted by atomic mass is 16.5. The number of likely N-dealkylation sites (N-methyl/N-ethyl adjacent to an activating group) is 1. The van der Waals surface area contributed by atoms with Gasteiger partial charge in [-0.05, 0) is 12.8 Å². The molecule has 0 fully saturated rings. The number of ether oxygens (including phenoxy) is 1. The van der Waals surface area contributed by atoms with Crippen molar-refractivity contribution in [1.29, 1.82) is 0 Å². The van der Waals surface area contributed by atoms with E-state index >= 15 is 0 Å². The van der Waals surface area contributed by atoms with Crippen molar-refractivity contribution in [2.45, 2.75) is 45.1 Å². The number of carbonyl (C=O) groups excluding carboxylic acids is 1. The van der Waals surface area contributed by atoms with E-state index in [2.05, 4.69) is 13.0 Å². The van der Waals surface area contributed by atoms with Gasteiger partial charge in [0.15, 0.2) is 0 Å². The Bertz CT molecular complexity index is 269. The molecule has 0 aliphatic rings. The third-order valence-corrected chi connectivity index (χ3v) is 2.71. The van der Waals surface area contributed by atoms with Gasteiger partial charge in [0.2, 0.25) is 0 Å². The summed E-state index contributed by atoms with van der Waals surface area (Å²) >= 11 is 0. The molecule has 0 rings (SSSR count). The number of hydrogen-bond acceptors (Lipinski definition) is 3. The summed E-state index contributed by atoms with van der Waals surface area (Å²) in [7, 11) is 6.06. The number of aliphatic carboxylic acids is 1. The molecule has 0 spiro atoms. The summed E-state index contributed by atoms with van der Waals surface area (Å²) in [6.07, 6.45) is 8.50. The maximum Gasteiger partial charge on any atom is 0.112 e. The molecular formula is C15H29NO3. The van der Waals surface area contributed by atoms with Crippen molar-refractivity contribution >= 4 is 5.97 Å². The summed E-state index contributed by atoms with van der Waals surface area (Å²) in [6, 6.07) is 0. The van der Waals surface area contributed by atoms with E-state index in [-0.39, 0.29) is 12.5 Å². The molecule has 1 unspecified atom stereocenters. The number of hydrogen-bond donors (Lipinski definition) is 0. The summed E-state index contributed by atoms with van der Waals surface area (Å²) in [4.78, 5) is 10.7. The van der Waals surface area contributed by atoms with Crippen LogP contribution in [0.25, 0.3) is 0 Å². The molecule has 112 valence electrons. The van der Waals surface area contributed by atoms with Gasteiger partial charge in [-0.15, -0.1) is 0 Å². The summed E-state index contributed by atoms with van der Waals surface area (Å²) < 4.78 is 6.29. The molecule has 0 heterocycles. The van der Waals surface area contributed by atoms with Crippen molar-refractivity contribution in [3.05, 3.63) is 12.2 Å². The van der Waals surface area contributed by atoms with Crippen molar-refractivity contribution in [3.8, 4) is 0 Å². The van der Waals surface area contributed by atoms with Crippen LogP contribution in [0.3, 0.4) is 0 Å². The molecule has 0 aromatic rings.